The van der Waals surface area contributed by atoms with E-state index in [0.717, 1.165) is 0 Å². The zero-order valence-corrected chi connectivity index (χ0v) is 13.4. The summed E-state index contributed by atoms with van der Waals surface area (Å²) in [6.45, 7) is 1.20. The minimum Gasteiger partial charge on any atom is -0.479 e. The lowest BCUT2D eigenvalue weighted by Gasteiger charge is -2.17. The van der Waals surface area contributed by atoms with Crippen LogP contribution in [0.2, 0.25) is 10.0 Å². The molecule has 0 aliphatic carbocycles. The van der Waals surface area contributed by atoms with Crippen LogP contribution < -0.4 is 0 Å². The summed E-state index contributed by atoms with van der Waals surface area (Å²) in [5.41, 5.74) is -0.357. The Morgan fingerprint density at radius 1 is 1.22 bits per heavy atom. The summed E-state index contributed by atoms with van der Waals surface area (Å²) < 4.78 is 5.64. The van der Waals surface area contributed by atoms with Crippen molar-refractivity contribution in [3.8, 4) is 11.5 Å². The number of aliphatic carboxylic acids is 1. The van der Waals surface area contributed by atoms with E-state index in [-0.39, 0.29) is 11.5 Å². The number of halogens is 2. The van der Waals surface area contributed by atoms with E-state index in [2.05, 4.69) is 4.98 Å². The van der Waals surface area contributed by atoms with E-state index >= 15 is 0 Å². The molecule has 3 aromatic rings. The number of rotatable bonds is 3. The summed E-state index contributed by atoms with van der Waals surface area (Å²) in [7, 11) is 0. The molecule has 0 fully saturated rings. The van der Waals surface area contributed by atoms with Crippen LogP contribution in [0.15, 0.2) is 40.8 Å². The Balaban J connectivity index is 2.11. The van der Waals surface area contributed by atoms with E-state index in [1.807, 2.05) is 0 Å². The first-order valence-electron chi connectivity index (χ1n) is 6.61. The third-order valence-electron chi connectivity index (χ3n) is 3.53. The molecule has 5 nitrogen and oxygen atoms in total. The molecule has 7 heteroatoms. The normalized spacial score (nSPS) is 13.9. The lowest BCUT2D eigenvalue weighted by atomic mass is 9.96. The molecule has 2 aromatic carbocycles. The number of oxazole rings is 1. The van der Waals surface area contributed by atoms with Crippen molar-refractivity contribution in [1.82, 2.24) is 4.98 Å². The highest BCUT2D eigenvalue weighted by molar-refractivity contribution is 6.36. The molecular weight excluding hydrogens is 341 g/mol. The van der Waals surface area contributed by atoms with Gasteiger partial charge in [-0.1, -0.05) is 29.3 Å². The van der Waals surface area contributed by atoms with Crippen LogP contribution >= 0.6 is 23.2 Å². The van der Waals surface area contributed by atoms with Crippen LogP contribution in [0, 0.1) is 0 Å². The molecule has 2 N–H and O–H groups in total. The number of fused-ring (bicyclic) bond motifs is 1. The molecule has 0 saturated heterocycles. The molecule has 0 radical (unpaired) electrons. The molecule has 3 rings (SSSR count). The Morgan fingerprint density at radius 3 is 2.61 bits per heavy atom. The van der Waals surface area contributed by atoms with E-state index in [1.165, 1.54) is 19.1 Å². The fraction of sp³-hybridized carbons (Fsp3) is 0.125. The quantitative estimate of drug-likeness (QED) is 0.742. The second kappa shape index (κ2) is 5.53. The Hall–Kier alpha value is -2.08. The third-order valence-corrected chi connectivity index (χ3v) is 4.08. The van der Waals surface area contributed by atoms with E-state index < -0.39 is 11.6 Å². The van der Waals surface area contributed by atoms with E-state index in [0.29, 0.717) is 26.7 Å². The van der Waals surface area contributed by atoms with Crippen LogP contribution in [-0.4, -0.2) is 21.2 Å². The zero-order valence-electron chi connectivity index (χ0n) is 11.9. The largest absolute Gasteiger partial charge is 0.479 e. The van der Waals surface area contributed by atoms with Gasteiger partial charge in [0.25, 0.3) is 0 Å². The molecule has 1 unspecified atom stereocenters. The summed E-state index contributed by atoms with van der Waals surface area (Å²) in [6, 6.07) is 9.44. The van der Waals surface area contributed by atoms with Crippen LogP contribution in [0.4, 0.5) is 0 Å². The first kappa shape index (κ1) is 15.8. The Morgan fingerprint density at radius 2 is 1.96 bits per heavy atom. The lowest BCUT2D eigenvalue weighted by molar-refractivity contribution is -0.157. The van der Waals surface area contributed by atoms with Crippen molar-refractivity contribution in [1.29, 1.82) is 0 Å². The molecule has 1 heterocycles. The number of carboxylic acids is 1. The van der Waals surface area contributed by atoms with Gasteiger partial charge < -0.3 is 14.6 Å². The smallest absolute Gasteiger partial charge is 0.340 e. The maximum atomic E-state index is 11.1. The number of nitrogens with zero attached hydrogens (tertiary/aromatic N) is 1. The van der Waals surface area contributed by atoms with Crippen LogP contribution in [0.3, 0.4) is 0 Å². The summed E-state index contributed by atoms with van der Waals surface area (Å²) in [4.78, 5) is 15.4. The van der Waals surface area contributed by atoms with Crippen LogP contribution in [0.1, 0.15) is 12.5 Å². The van der Waals surface area contributed by atoms with Gasteiger partial charge in [0.15, 0.2) is 11.2 Å². The van der Waals surface area contributed by atoms with Crippen molar-refractivity contribution in [3.63, 3.8) is 0 Å². The summed E-state index contributed by atoms with van der Waals surface area (Å²) in [6.07, 6.45) is 0. The molecule has 1 aromatic heterocycles. The molecule has 0 spiro atoms. The van der Waals surface area contributed by atoms with Crippen molar-refractivity contribution < 1.29 is 19.4 Å². The molecule has 23 heavy (non-hydrogen) atoms. The number of benzene rings is 2. The zero-order chi connectivity index (χ0) is 16.8. The summed E-state index contributed by atoms with van der Waals surface area (Å²) in [5, 5.41) is 20.0. The minimum absolute atomic E-state index is 0.208. The molecule has 0 amide bonds. The van der Waals surface area contributed by atoms with Gasteiger partial charge in [-0.15, -0.1) is 0 Å². The van der Waals surface area contributed by atoms with Crippen molar-refractivity contribution in [2.75, 3.05) is 0 Å². The Labute approximate surface area is 141 Å². The topological polar surface area (TPSA) is 83.6 Å². The maximum absolute atomic E-state index is 11.1. The summed E-state index contributed by atoms with van der Waals surface area (Å²) in [5.74, 6) is -1.06. The average Bonchev–Trinajstić information content (AvgIpc) is 2.89. The highest BCUT2D eigenvalue weighted by atomic mass is 35.5. The fourth-order valence-corrected chi connectivity index (χ4v) is 2.62. The monoisotopic (exact) mass is 351 g/mol. The van der Waals surface area contributed by atoms with Gasteiger partial charge >= 0.3 is 5.97 Å². The van der Waals surface area contributed by atoms with Crippen LogP contribution in [0.5, 0.6) is 0 Å². The SMILES string of the molecule is CC(O)(C(=O)O)c1ccc2oc(-c3ccc(Cl)cc3Cl)nc2c1. The van der Waals surface area contributed by atoms with Gasteiger partial charge in [-0.05, 0) is 42.8 Å². The highest BCUT2D eigenvalue weighted by Crippen LogP contribution is 2.33. The standard InChI is InChI=1S/C16H11Cl2NO4/c1-16(22,15(20)21)8-2-5-13-12(6-8)19-14(23-13)10-4-3-9(17)7-11(10)18/h2-7,22H,1H3,(H,20,21). The number of carboxylic acid groups (broad SMARTS) is 1. The van der Waals surface area contributed by atoms with Crippen molar-refractivity contribution >= 4 is 40.3 Å². The van der Waals surface area contributed by atoms with Gasteiger partial charge in [0.2, 0.25) is 5.89 Å². The number of aliphatic hydroxyl groups is 1. The lowest BCUT2D eigenvalue weighted by Crippen LogP contribution is -2.31. The predicted octanol–water partition coefficient (Wildman–Crippen LogP) is 4.09. The number of hydrogen-bond donors (Lipinski definition) is 2. The van der Waals surface area contributed by atoms with Gasteiger partial charge in [-0.2, -0.15) is 0 Å². The molecule has 118 valence electrons. The maximum Gasteiger partial charge on any atom is 0.340 e. The third kappa shape index (κ3) is 2.79. The first-order chi connectivity index (χ1) is 10.8. The van der Waals surface area contributed by atoms with E-state index in [4.69, 9.17) is 32.7 Å². The van der Waals surface area contributed by atoms with E-state index in [9.17, 15) is 9.90 Å². The minimum atomic E-state index is -2.01. The predicted molar refractivity (Wildman–Crippen MR) is 86.7 cm³/mol. The average molecular weight is 352 g/mol. The first-order valence-corrected chi connectivity index (χ1v) is 7.37. The van der Waals surface area contributed by atoms with Gasteiger partial charge in [0.1, 0.15) is 5.52 Å². The molecule has 0 aliphatic heterocycles. The van der Waals surface area contributed by atoms with Crippen LogP contribution in [0.25, 0.3) is 22.6 Å². The fourth-order valence-electron chi connectivity index (χ4n) is 2.13. The second-order valence-electron chi connectivity index (χ2n) is 5.20. The molecule has 1 atom stereocenters. The number of hydrogen-bond acceptors (Lipinski definition) is 4. The van der Waals surface area contributed by atoms with Gasteiger partial charge in [0, 0.05) is 5.02 Å². The van der Waals surface area contributed by atoms with Crippen molar-refractivity contribution in [3.05, 3.63) is 52.0 Å². The van der Waals surface area contributed by atoms with E-state index in [1.54, 1.807) is 24.3 Å². The van der Waals surface area contributed by atoms with Gasteiger partial charge in [-0.3, -0.25) is 0 Å². The van der Waals surface area contributed by atoms with Gasteiger partial charge in [-0.25, -0.2) is 9.78 Å². The number of aromatic nitrogens is 1. The molecule has 0 aliphatic rings. The van der Waals surface area contributed by atoms with Gasteiger partial charge in [0.05, 0.1) is 10.6 Å². The second-order valence-corrected chi connectivity index (χ2v) is 6.05. The summed E-state index contributed by atoms with van der Waals surface area (Å²) >= 11 is 12.0. The van der Waals surface area contributed by atoms with Crippen molar-refractivity contribution in [2.45, 2.75) is 12.5 Å². The Bertz CT molecular complexity index is 918. The van der Waals surface area contributed by atoms with Crippen molar-refractivity contribution in [2.24, 2.45) is 0 Å². The molecular formula is C16H11Cl2NO4. The Kier molecular flexibility index (Phi) is 3.80. The number of carbonyl (C=O) groups is 1. The highest BCUT2D eigenvalue weighted by Gasteiger charge is 2.32. The molecule has 0 saturated carbocycles. The molecule has 0 bridgehead atoms. The van der Waals surface area contributed by atoms with Crippen LogP contribution in [-0.2, 0) is 10.4 Å².